The molecule has 7 heteroatoms. The van der Waals surface area contributed by atoms with Gasteiger partial charge in [-0.25, -0.2) is 8.42 Å². The molecule has 0 saturated carbocycles. The standard InChI is InChI=1S/C14H16N2O3S2/c1-15-8-9-16(13-5-3-2-4-12(13)15)21(18,19)14-7-6-11(10-17)20-14/h2-7,17H,8-10H2,1H3. The number of sulfonamides is 1. The molecular formula is C14H16N2O3S2. The zero-order chi connectivity index (χ0) is 15.0. The second-order valence-electron chi connectivity index (χ2n) is 4.87. The van der Waals surface area contributed by atoms with Gasteiger partial charge in [-0.2, -0.15) is 0 Å². The third kappa shape index (κ3) is 2.41. The normalized spacial score (nSPS) is 15.1. The van der Waals surface area contributed by atoms with E-state index in [1.165, 1.54) is 4.31 Å². The summed E-state index contributed by atoms with van der Waals surface area (Å²) in [7, 11) is -1.62. The average Bonchev–Trinajstić information content (AvgIpc) is 2.97. The van der Waals surface area contributed by atoms with Crippen molar-refractivity contribution in [2.24, 2.45) is 0 Å². The van der Waals surface area contributed by atoms with Crippen LogP contribution in [0, 0.1) is 0 Å². The van der Waals surface area contributed by atoms with E-state index in [4.69, 9.17) is 5.11 Å². The van der Waals surface area contributed by atoms with E-state index in [1.807, 2.05) is 31.3 Å². The van der Waals surface area contributed by atoms with Gasteiger partial charge in [0.05, 0.1) is 24.5 Å². The van der Waals surface area contributed by atoms with Crippen LogP contribution in [-0.4, -0.2) is 33.7 Å². The fourth-order valence-electron chi connectivity index (χ4n) is 2.42. The summed E-state index contributed by atoms with van der Waals surface area (Å²) in [6.07, 6.45) is 0. The topological polar surface area (TPSA) is 60.9 Å². The first-order valence-corrected chi connectivity index (χ1v) is 8.82. The van der Waals surface area contributed by atoms with Crippen LogP contribution in [0.15, 0.2) is 40.6 Å². The van der Waals surface area contributed by atoms with Crippen LogP contribution in [0.25, 0.3) is 0 Å². The lowest BCUT2D eigenvalue weighted by atomic mass is 10.2. The molecule has 3 rings (SSSR count). The van der Waals surface area contributed by atoms with Crippen molar-refractivity contribution in [3.8, 4) is 0 Å². The first-order valence-electron chi connectivity index (χ1n) is 6.56. The predicted molar refractivity (Wildman–Crippen MR) is 84.5 cm³/mol. The maximum atomic E-state index is 12.8. The molecule has 0 aliphatic carbocycles. The minimum absolute atomic E-state index is 0.139. The summed E-state index contributed by atoms with van der Waals surface area (Å²) >= 11 is 1.12. The first-order chi connectivity index (χ1) is 10.0. The van der Waals surface area contributed by atoms with Gasteiger partial charge < -0.3 is 10.0 Å². The van der Waals surface area contributed by atoms with Crippen LogP contribution in [0.3, 0.4) is 0 Å². The van der Waals surface area contributed by atoms with Crippen molar-refractivity contribution in [2.75, 3.05) is 29.3 Å². The van der Waals surface area contributed by atoms with E-state index in [0.717, 1.165) is 17.0 Å². The van der Waals surface area contributed by atoms with E-state index in [0.29, 0.717) is 23.7 Å². The monoisotopic (exact) mass is 324 g/mol. The number of fused-ring (bicyclic) bond motifs is 1. The molecule has 0 saturated heterocycles. The van der Waals surface area contributed by atoms with Crippen LogP contribution in [0.1, 0.15) is 4.88 Å². The number of aliphatic hydroxyl groups excluding tert-OH is 1. The van der Waals surface area contributed by atoms with Crippen molar-refractivity contribution in [3.63, 3.8) is 0 Å². The van der Waals surface area contributed by atoms with Crippen LogP contribution in [0.4, 0.5) is 11.4 Å². The van der Waals surface area contributed by atoms with Gasteiger partial charge in [0.15, 0.2) is 0 Å². The summed E-state index contributed by atoms with van der Waals surface area (Å²) in [4.78, 5) is 2.70. The number of anilines is 2. The van der Waals surface area contributed by atoms with Gasteiger partial charge in [0.1, 0.15) is 4.21 Å². The van der Waals surface area contributed by atoms with Gasteiger partial charge in [0, 0.05) is 18.5 Å². The SMILES string of the molecule is CN1CCN(S(=O)(=O)c2ccc(CO)s2)c2ccccc21. The van der Waals surface area contributed by atoms with Gasteiger partial charge in [-0.1, -0.05) is 12.1 Å². The summed E-state index contributed by atoms with van der Waals surface area (Å²) in [6.45, 7) is 0.927. The summed E-state index contributed by atoms with van der Waals surface area (Å²) in [5.41, 5.74) is 1.61. The van der Waals surface area contributed by atoms with Gasteiger partial charge >= 0.3 is 0 Å². The maximum Gasteiger partial charge on any atom is 0.273 e. The molecule has 112 valence electrons. The molecule has 2 heterocycles. The van der Waals surface area contributed by atoms with Crippen molar-refractivity contribution >= 4 is 32.7 Å². The zero-order valence-corrected chi connectivity index (χ0v) is 13.2. The lowest BCUT2D eigenvalue weighted by Crippen LogP contribution is -2.42. The molecule has 0 bridgehead atoms. The Labute approximate surface area is 128 Å². The molecule has 2 aromatic rings. The van der Waals surface area contributed by atoms with E-state index in [1.54, 1.807) is 12.1 Å². The average molecular weight is 324 g/mol. The number of hydrogen-bond donors (Lipinski definition) is 1. The number of hydrogen-bond acceptors (Lipinski definition) is 5. The Morgan fingerprint density at radius 2 is 1.86 bits per heavy atom. The van der Waals surface area contributed by atoms with Gasteiger partial charge in [-0.15, -0.1) is 11.3 Å². The van der Waals surface area contributed by atoms with Gasteiger partial charge in [-0.3, -0.25) is 4.31 Å². The van der Waals surface area contributed by atoms with Crippen LogP contribution < -0.4 is 9.21 Å². The highest BCUT2D eigenvalue weighted by Crippen LogP contribution is 2.36. The van der Waals surface area contributed by atoms with Crippen molar-refractivity contribution in [3.05, 3.63) is 41.3 Å². The fraction of sp³-hybridized carbons (Fsp3) is 0.286. The van der Waals surface area contributed by atoms with Crippen molar-refractivity contribution in [2.45, 2.75) is 10.8 Å². The molecule has 21 heavy (non-hydrogen) atoms. The number of likely N-dealkylation sites (N-methyl/N-ethyl adjacent to an activating group) is 1. The smallest absolute Gasteiger partial charge is 0.273 e. The minimum Gasteiger partial charge on any atom is -0.391 e. The third-order valence-electron chi connectivity index (χ3n) is 3.54. The molecule has 1 N–H and O–H groups in total. The van der Waals surface area contributed by atoms with Gasteiger partial charge in [-0.05, 0) is 24.3 Å². The Balaban J connectivity index is 2.06. The van der Waals surface area contributed by atoms with Crippen LogP contribution >= 0.6 is 11.3 Å². The van der Waals surface area contributed by atoms with Gasteiger partial charge in [0.25, 0.3) is 10.0 Å². The van der Waals surface area contributed by atoms with Crippen molar-refractivity contribution < 1.29 is 13.5 Å². The second-order valence-corrected chi connectivity index (χ2v) is 8.12. The molecule has 1 aromatic carbocycles. The summed E-state index contributed by atoms with van der Waals surface area (Å²) < 4.78 is 27.4. The number of thiophene rings is 1. The highest BCUT2D eigenvalue weighted by atomic mass is 32.2. The van der Waals surface area contributed by atoms with Crippen molar-refractivity contribution in [1.82, 2.24) is 0 Å². The Morgan fingerprint density at radius 3 is 2.52 bits per heavy atom. The van der Waals surface area contributed by atoms with Gasteiger partial charge in [0.2, 0.25) is 0 Å². The minimum atomic E-state index is -3.57. The number of benzene rings is 1. The van der Waals surface area contributed by atoms with Crippen LogP contribution in [0.5, 0.6) is 0 Å². The van der Waals surface area contributed by atoms with E-state index in [2.05, 4.69) is 4.90 Å². The first kappa shape index (κ1) is 14.4. The lowest BCUT2D eigenvalue weighted by Gasteiger charge is -2.35. The quantitative estimate of drug-likeness (QED) is 0.936. The third-order valence-corrected chi connectivity index (χ3v) is 6.89. The largest absolute Gasteiger partial charge is 0.391 e. The Kier molecular flexibility index (Phi) is 3.64. The number of nitrogens with zero attached hydrogens (tertiary/aromatic N) is 2. The molecule has 5 nitrogen and oxygen atoms in total. The van der Waals surface area contributed by atoms with E-state index >= 15 is 0 Å². The summed E-state index contributed by atoms with van der Waals surface area (Å²) in [5, 5.41) is 9.11. The molecule has 0 fully saturated rings. The molecular weight excluding hydrogens is 308 g/mol. The lowest BCUT2D eigenvalue weighted by molar-refractivity contribution is 0.285. The van der Waals surface area contributed by atoms with E-state index in [9.17, 15) is 8.42 Å². The maximum absolute atomic E-state index is 12.8. The molecule has 0 unspecified atom stereocenters. The Hall–Kier alpha value is -1.57. The predicted octanol–water partition coefficient (Wildman–Crippen LogP) is 1.89. The fourth-order valence-corrected chi connectivity index (χ4v) is 5.22. The highest BCUT2D eigenvalue weighted by molar-refractivity contribution is 7.94. The molecule has 1 aliphatic rings. The number of aliphatic hydroxyl groups is 1. The Morgan fingerprint density at radius 1 is 1.14 bits per heavy atom. The molecule has 0 atom stereocenters. The molecule has 0 amide bonds. The van der Waals surface area contributed by atoms with Crippen LogP contribution in [-0.2, 0) is 16.6 Å². The number of para-hydroxylation sites is 2. The molecule has 1 aromatic heterocycles. The zero-order valence-electron chi connectivity index (χ0n) is 11.6. The van der Waals surface area contributed by atoms with Crippen LogP contribution in [0.2, 0.25) is 0 Å². The summed E-state index contributed by atoms with van der Waals surface area (Å²) in [5.74, 6) is 0. The second kappa shape index (κ2) is 5.32. The van der Waals surface area contributed by atoms with Crippen molar-refractivity contribution in [1.29, 1.82) is 0 Å². The van der Waals surface area contributed by atoms with E-state index in [-0.39, 0.29) is 10.8 Å². The van der Waals surface area contributed by atoms with E-state index < -0.39 is 10.0 Å². The molecule has 1 aliphatic heterocycles. The Bertz CT molecular complexity index is 755. The highest BCUT2D eigenvalue weighted by Gasteiger charge is 2.31. The molecule has 0 spiro atoms. The number of rotatable bonds is 3. The molecule has 0 radical (unpaired) electrons. The summed E-state index contributed by atoms with van der Waals surface area (Å²) in [6, 6.07) is 10.7.